The number of halogens is 1. The van der Waals surface area contributed by atoms with Gasteiger partial charge in [-0.3, -0.25) is 9.69 Å². The Bertz CT molecular complexity index is 990. The highest BCUT2D eigenvalue weighted by molar-refractivity contribution is 7.15. The molecule has 0 saturated carbocycles. The smallest absolute Gasteiger partial charge is 0.410 e. The van der Waals surface area contributed by atoms with Gasteiger partial charge in [-0.15, -0.1) is 11.3 Å². The summed E-state index contributed by atoms with van der Waals surface area (Å²) in [6, 6.07) is 8.36. The normalized spacial score (nSPS) is 19.1. The van der Waals surface area contributed by atoms with Crippen molar-refractivity contribution in [1.82, 2.24) is 9.80 Å². The second-order valence-electron chi connectivity index (χ2n) is 7.57. The van der Waals surface area contributed by atoms with Crippen molar-refractivity contribution in [1.29, 1.82) is 0 Å². The van der Waals surface area contributed by atoms with Crippen LogP contribution in [0, 0.1) is 0 Å². The molecule has 170 valence electrons. The summed E-state index contributed by atoms with van der Waals surface area (Å²) >= 11 is 7.33. The van der Waals surface area contributed by atoms with Gasteiger partial charge in [0.15, 0.2) is 11.8 Å². The fraction of sp³-hybridized carbons (Fsp3) is 0.409. The number of amides is 2. The average Bonchev–Trinajstić information content (AvgIpc) is 3.40. The molecular formula is C22H23ClN2O6S. The van der Waals surface area contributed by atoms with Crippen LogP contribution in [0.2, 0.25) is 4.34 Å². The summed E-state index contributed by atoms with van der Waals surface area (Å²) in [7, 11) is 1.48. The first-order valence-electron chi connectivity index (χ1n) is 10.3. The van der Waals surface area contributed by atoms with Crippen molar-refractivity contribution in [2.45, 2.75) is 31.5 Å². The van der Waals surface area contributed by atoms with E-state index in [1.54, 1.807) is 10.3 Å². The Balaban J connectivity index is 1.36. The van der Waals surface area contributed by atoms with Gasteiger partial charge in [0.1, 0.15) is 17.6 Å². The van der Waals surface area contributed by atoms with E-state index in [9.17, 15) is 14.4 Å². The quantitative estimate of drug-likeness (QED) is 0.590. The highest BCUT2D eigenvalue weighted by Gasteiger charge is 2.44. The van der Waals surface area contributed by atoms with Crippen LogP contribution in [0.3, 0.4) is 0 Å². The van der Waals surface area contributed by atoms with Gasteiger partial charge in [-0.25, -0.2) is 9.59 Å². The summed E-state index contributed by atoms with van der Waals surface area (Å²) in [4.78, 5) is 41.1. The minimum Gasteiger partial charge on any atom is -0.493 e. The van der Waals surface area contributed by atoms with Crippen LogP contribution in [0.4, 0.5) is 4.79 Å². The molecule has 3 heterocycles. The summed E-state index contributed by atoms with van der Waals surface area (Å²) in [5, 5.41) is 1.69. The summed E-state index contributed by atoms with van der Waals surface area (Å²) in [6.07, 6.45) is 0.537. The van der Waals surface area contributed by atoms with Crippen LogP contribution in [-0.2, 0) is 20.9 Å². The molecule has 2 saturated heterocycles. The first-order valence-corrected chi connectivity index (χ1v) is 11.5. The Morgan fingerprint density at radius 2 is 1.94 bits per heavy atom. The molecular weight excluding hydrogens is 456 g/mol. The zero-order valence-electron chi connectivity index (χ0n) is 17.5. The maximum absolute atomic E-state index is 12.9. The summed E-state index contributed by atoms with van der Waals surface area (Å²) in [5.41, 5.74) is 1.30. The summed E-state index contributed by atoms with van der Waals surface area (Å²) < 4.78 is 16.3. The van der Waals surface area contributed by atoms with Crippen molar-refractivity contribution < 1.29 is 28.6 Å². The molecule has 32 heavy (non-hydrogen) atoms. The Morgan fingerprint density at radius 1 is 1.22 bits per heavy atom. The van der Waals surface area contributed by atoms with Gasteiger partial charge in [0.2, 0.25) is 0 Å². The van der Waals surface area contributed by atoms with Crippen molar-refractivity contribution in [3.8, 4) is 5.75 Å². The van der Waals surface area contributed by atoms with Crippen molar-refractivity contribution in [3.05, 3.63) is 51.2 Å². The molecule has 2 aliphatic rings. The number of cyclic esters (lactones) is 1. The van der Waals surface area contributed by atoms with Gasteiger partial charge < -0.3 is 19.1 Å². The molecule has 1 aromatic carbocycles. The fourth-order valence-corrected chi connectivity index (χ4v) is 5.06. The molecule has 1 atom stereocenters. The van der Waals surface area contributed by atoms with Gasteiger partial charge in [0, 0.05) is 24.5 Å². The second kappa shape index (κ2) is 9.79. The number of piperidine rings is 1. The third-order valence-electron chi connectivity index (χ3n) is 5.69. The lowest BCUT2D eigenvalue weighted by Crippen LogP contribution is -2.52. The number of hydrogen-bond acceptors (Lipinski definition) is 7. The fourth-order valence-electron chi connectivity index (χ4n) is 4.02. The van der Waals surface area contributed by atoms with Gasteiger partial charge in [0.25, 0.3) is 5.91 Å². The summed E-state index contributed by atoms with van der Waals surface area (Å²) in [5.74, 6) is -0.268. The molecule has 1 aromatic heterocycles. The van der Waals surface area contributed by atoms with E-state index in [-0.39, 0.29) is 25.2 Å². The predicted molar refractivity (Wildman–Crippen MR) is 118 cm³/mol. The average molecular weight is 479 g/mol. The SMILES string of the molecule is COc1c(C(=O)N2CCC(N3C(=O)OCC3C(=O)OCc3ccccc3)CC2)csc1Cl. The standard InChI is InChI=1S/C22H23ClN2O6S/c1-29-18-16(13-32-19(18)23)20(26)24-9-7-15(8-10-24)25-17(12-31-22(25)28)21(27)30-11-14-5-3-2-4-6-14/h2-6,13,15,17H,7-12H2,1H3. The number of hydrogen-bond donors (Lipinski definition) is 0. The topological polar surface area (TPSA) is 85.4 Å². The number of ether oxygens (including phenoxy) is 3. The summed E-state index contributed by atoms with van der Waals surface area (Å²) in [6.45, 7) is 0.984. The molecule has 0 bridgehead atoms. The minimum absolute atomic E-state index is 0.0315. The number of carbonyl (C=O) groups is 3. The van der Waals surface area contributed by atoms with E-state index in [2.05, 4.69) is 0 Å². The van der Waals surface area contributed by atoms with Crippen LogP contribution < -0.4 is 4.74 Å². The van der Waals surface area contributed by atoms with Gasteiger partial charge in [-0.05, 0) is 18.4 Å². The molecule has 1 unspecified atom stereocenters. The highest BCUT2D eigenvalue weighted by atomic mass is 35.5. The van der Waals surface area contributed by atoms with Crippen LogP contribution in [0.25, 0.3) is 0 Å². The maximum Gasteiger partial charge on any atom is 0.410 e. The highest BCUT2D eigenvalue weighted by Crippen LogP contribution is 2.36. The molecule has 10 heteroatoms. The lowest BCUT2D eigenvalue weighted by Gasteiger charge is -2.37. The number of carbonyl (C=O) groups excluding carboxylic acids is 3. The zero-order valence-corrected chi connectivity index (χ0v) is 19.1. The predicted octanol–water partition coefficient (Wildman–Crippen LogP) is 3.58. The third kappa shape index (κ3) is 4.54. The number of nitrogens with zero attached hydrogens (tertiary/aromatic N) is 2. The van der Waals surface area contributed by atoms with Crippen LogP contribution in [0.15, 0.2) is 35.7 Å². The van der Waals surface area contributed by atoms with E-state index in [4.69, 9.17) is 25.8 Å². The number of benzene rings is 1. The van der Waals surface area contributed by atoms with Crippen molar-refractivity contribution in [2.24, 2.45) is 0 Å². The minimum atomic E-state index is -0.783. The number of esters is 1. The Hall–Kier alpha value is -2.78. The number of likely N-dealkylation sites (tertiary alicyclic amines) is 1. The lowest BCUT2D eigenvalue weighted by atomic mass is 10.0. The first kappa shape index (κ1) is 22.4. The maximum atomic E-state index is 12.9. The number of rotatable bonds is 6. The number of methoxy groups -OCH3 is 1. The van der Waals surface area contributed by atoms with Crippen LogP contribution in [0.5, 0.6) is 5.75 Å². The van der Waals surface area contributed by atoms with Gasteiger partial charge >= 0.3 is 12.1 Å². The first-order chi connectivity index (χ1) is 15.5. The Morgan fingerprint density at radius 3 is 2.62 bits per heavy atom. The molecule has 8 nitrogen and oxygen atoms in total. The molecule has 4 rings (SSSR count). The molecule has 2 amide bonds. The van der Waals surface area contributed by atoms with Gasteiger partial charge in [-0.1, -0.05) is 41.9 Å². The molecule has 0 aliphatic carbocycles. The monoisotopic (exact) mass is 478 g/mol. The zero-order chi connectivity index (χ0) is 22.7. The van der Waals surface area contributed by atoms with E-state index in [0.29, 0.717) is 41.6 Å². The largest absolute Gasteiger partial charge is 0.493 e. The van der Waals surface area contributed by atoms with E-state index < -0.39 is 18.1 Å². The van der Waals surface area contributed by atoms with E-state index in [1.807, 2.05) is 30.3 Å². The van der Waals surface area contributed by atoms with Crippen molar-refractivity contribution in [3.63, 3.8) is 0 Å². The third-order valence-corrected chi connectivity index (χ3v) is 6.88. The molecule has 2 aliphatic heterocycles. The van der Waals surface area contributed by atoms with E-state index in [1.165, 1.54) is 23.3 Å². The van der Waals surface area contributed by atoms with Crippen molar-refractivity contribution in [2.75, 3.05) is 26.8 Å². The van der Waals surface area contributed by atoms with Crippen LogP contribution >= 0.6 is 22.9 Å². The van der Waals surface area contributed by atoms with Crippen LogP contribution in [0.1, 0.15) is 28.8 Å². The number of thiophene rings is 1. The van der Waals surface area contributed by atoms with E-state index in [0.717, 1.165) is 5.56 Å². The molecule has 0 N–H and O–H groups in total. The molecule has 0 spiro atoms. The Labute approximate surface area is 194 Å². The Kier molecular flexibility index (Phi) is 6.86. The van der Waals surface area contributed by atoms with E-state index >= 15 is 0 Å². The molecule has 2 aromatic rings. The molecule has 0 radical (unpaired) electrons. The van der Waals surface area contributed by atoms with Crippen LogP contribution in [-0.4, -0.2) is 66.7 Å². The van der Waals surface area contributed by atoms with Gasteiger partial charge in [-0.2, -0.15) is 0 Å². The van der Waals surface area contributed by atoms with Gasteiger partial charge in [0.05, 0.1) is 12.7 Å². The molecule has 2 fully saturated rings. The van der Waals surface area contributed by atoms with Crippen molar-refractivity contribution >= 4 is 40.9 Å². The second-order valence-corrected chi connectivity index (χ2v) is 9.05. The lowest BCUT2D eigenvalue weighted by molar-refractivity contribution is -0.150.